The Labute approximate surface area is 133 Å². The largest absolute Gasteiger partial charge is 0.494 e. The van der Waals surface area contributed by atoms with Crippen LogP contribution in [0.2, 0.25) is 5.02 Å². The third kappa shape index (κ3) is 3.27. The van der Waals surface area contributed by atoms with E-state index < -0.39 is 9.05 Å². The molecular formula is C13H15Cl2NO4S. The van der Waals surface area contributed by atoms with Crippen LogP contribution in [0.25, 0.3) is 0 Å². The van der Waals surface area contributed by atoms with Gasteiger partial charge in [-0.1, -0.05) is 11.6 Å². The van der Waals surface area contributed by atoms with Crippen LogP contribution < -0.4 is 4.74 Å². The Hall–Kier alpha value is -0.980. The molecule has 21 heavy (non-hydrogen) atoms. The van der Waals surface area contributed by atoms with Gasteiger partial charge in [-0.25, -0.2) is 8.42 Å². The molecule has 1 saturated carbocycles. The second-order valence-corrected chi connectivity index (χ2v) is 7.89. The SMILES string of the molecule is COc1c(C(=O)N(C)C2CCC2)cc(Cl)cc1S(=O)(=O)Cl. The highest BCUT2D eigenvalue weighted by molar-refractivity contribution is 8.13. The molecule has 0 saturated heterocycles. The van der Waals surface area contributed by atoms with Gasteiger partial charge in [0.2, 0.25) is 0 Å². The highest BCUT2D eigenvalue weighted by Gasteiger charge is 2.30. The maximum absolute atomic E-state index is 12.5. The number of methoxy groups -OCH3 is 1. The fourth-order valence-corrected chi connectivity index (χ4v) is 3.56. The highest BCUT2D eigenvalue weighted by Crippen LogP contribution is 2.35. The van der Waals surface area contributed by atoms with Gasteiger partial charge in [0.25, 0.3) is 15.0 Å². The van der Waals surface area contributed by atoms with E-state index in [2.05, 4.69) is 0 Å². The molecule has 1 aromatic rings. The summed E-state index contributed by atoms with van der Waals surface area (Å²) in [5.74, 6) is -0.411. The van der Waals surface area contributed by atoms with Crippen LogP contribution in [0.4, 0.5) is 0 Å². The van der Waals surface area contributed by atoms with Gasteiger partial charge in [-0.05, 0) is 31.4 Å². The molecule has 0 aliphatic heterocycles. The lowest BCUT2D eigenvalue weighted by Crippen LogP contribution is -2.41. The van der Waals surface area contributed by atoms with Crippen molar-refractivity contribution in [3.8, 4) is 5.75 Å². The van der Waals surface area contributed by atoms with E-state index in [1.807, 2.05) is 0 Å². The molecule has 0 unspecified atom stereocenters. The Kier molecular flexibility index (Phi) is 4.70. The second kappa shape index (κ2) is 6.02. The van der Waals surface area contributed by atoms with Crippen LogP contribution in [0, 0.1) is 0 Å². The Bertz CT molecular complexity index is 671. The molecule has 0 heterocycles. The van der Waals surface area contributed by atoms with Gasteiger partial charge in [0.15, 0.2) is 5.75 Å². The molecule has 0 spiro atoms. The summed E-state index contributed by atoms with van der Waals surface area (Å²) >= 11 is 5.91. The first-order valence-electron chi connectivity index (χ1n) is 6.35. The fraction of sp³-hybridized carbons (Fsp3) is 0.462. The molecule has 116 valence electrons. The van der Waals surface area contributed by atoms with Crippen LogP contribution in [0.3, 0.4) is 0 Å². The summed E-state index contributed by atoms with van der Waals surface area (Å²) in [4.78, 5) is 13.8. The molecule has 1 aliphatic rings. The van der Waals surface area contributed by atoms with Gasteiger partial charge in [-0.3, -0.25) is 4.79 Å². The minimum atomic E-state index is -4.07. The van der Waals surface area contributed by atoms with Crippen molar-refractivity contribution < 1.29 is 17.9 Å². The maximum atomic E-state index is 12.5. The van der Waals surface area contributed by atoms with Gasteiger partial charge in [-0.2, -0.15) is 0 Å². The summed E-state index contributed by atoms with van der Waals surface area (Å²) in [6, 6.07) is 2.73. The average Bonchev–Trinajstić information content (AvgIpc) is 2.33. The average molecular weight is 352 g/mol. The number of hydrogen-bond acceptors (Lipinski definition) is 4. The van der Waals surface area contributed by atoms with Gasteiger partial charge < -0.3 is 9.64 Å². The molecule has 1 amide bonds. The first-order chi connectivity index (χ1) is 9.75. The van der Waals surface area contributed by atoms with E-state index in [4.69, 9.17) is 27.0 Å². The summed E-state index contributed by atoms with van der Waals surface area (Å²) in [7, 11) is 4.28. The van der Waals surface area contributed by atoms with E-state index in [9.17, 15) is 13.2 Å². The molecule has 0 aromatic heterocycles. The van der Waals surface area contributed by atoms with Crippen molar-refractivity contribution in [3.05, 3.63) is 22.7 Å². The van der Waals surface area contributed by atoms with Crippen molar-refractivity contribution in [2.45, 2.75) is 30.2 Å². The van der Waals surface area contributed by atoms with Crippen molar-refractivity contribution in [2.24, 2.45) is 0 Å². The van der Waals surface area contributed by atoms with Gasteiger partial charge >= 0.3 is 0 Å². The molecule has 0 radical (unpaired) electrons. The van der Waals surface area contributed by atoms with E-state index in [-0.39, 0.29) is 33.2 Å². The highest BCUT2D eigenvalue weighted by atomic mass is 35.7. The molecule has 1 aliphatic carbocycles. The third-order valence-corrected chi connectivity index (χ3v) is 5.21. The number of benzene rings is 1. The van der Waals surface area contributed by atoms with Gasteiger partial charge in [0.05, 0.1) is 12.7 Å². The molecule has 1 fully saturated rings. The summed E-state index contributed by atoms with van der Waals surface area (Å²) in [5, 5.41) is 0.111. The second-order valence-electron chi connectivity index (χ2n) is 4.92. The Morgan fingerprint density at radius 2 is 2.00 bits per heavy atom. The lowest BCUT2D eigenvalue weighted by atomic mass is 9.91. The van der Waals surface area contributed by atoms with Crippen molar-refractivity contribution >= 4 is 37.2 Å². The smallest absolute Gasteiger partial charge is 0.265 e. The normalized spacial score (nSPS) is 15.4. The summed E-state index contributed by atoms with van der Waals surface area (Å²) in [5.41, 5.74) is 0.0959. The van der Waals surface area contributed by atoms with Crippen LogP contribution in [0.5, 0.6) is 5.75 Å². The lowest BCUT2D eigenvalue weighted by Gasteiger charge is -2.35. The number of hydrogen-bond donors (Lipinski definition) is 0. The van der Waals surface area contributed by atoms with E-state index in [0.29, 0.717) is 0 Å². The third-order valence-electron chi connectivity index (χ3n) is 3.66. The van der Waals surface area contributed by atoms with Crippen molar-refractivity contribution in [2.75, 3.05) is 14.2 Å². The quantitative estimate of drug-likeness (QED) is 0.782. The molecule has 8 heteroatoms. The zero-order chi connectivity index (χ0) is 15.8. The van der Waals surface area contributed by atoms with E-state index in [1.54, 1.807) is 11.9 Å². The Morgan fingerprint density at radius 1 is 1.38 bits per heavy atom. The maximum Gasteiger partial charge on any atom is 0.265 e. The molecule has 0 N–H and O–H groups in total. The molecule has 1 aromatic carbocycles. The number of halogens is 2. The summed E-state index contributed by atoms with van der Waals surface area (Å²) in [6.07, 6.45) is 2.95. The molecular weight excluding hydrogens is 337 g/mol. The molecule has 0 bridgehead atoms. The summed E-state index contributed by atoms with van der Waals surface area (Å²) < 4.78 is 28.3. The lowest BCUT2D eigenvalue weighted by molar-refractivity contribution is 0.0648. The fourth-order valence-electron chi connectivity index (χ4n) is 2.25. The Morgan fingerprint density at radius 3 is 2.43 bits per heavy atom. The molecule has 0 atom stereocenters. The Balaban J connectivity index is 2.52. The predicted octanol–water partition coefficient (Wildman–Crippen LogP) is 2.90. The van der Waals surface area contributed by atoms with Crippen molar-refractivity contribution in [1.82, 2.24) is 4.90 Å². The molecule has 5 nitrogen and oxygen atoms in total. The van der Waals surface area contributed by atoms with E-state index in [0.717, 1.165) is 19.3 Å². The predicted molar refractivity (Wildman–Crippen MR) is 80.8 cm³/mol. The van der Waals surface area contributed by atoms with Gasteiger partial charge in [0, 0.05) is 28.8 Å². The van der Waals surface area contributed by atoms with Crippen molar-refractivity contribution in [1.29, 1.82) is 0 Å². The minimum absolute atomic E-state index is 0.0782. The topological polar surface area (TPSA) is 63.7 Å². The standard InChI is InChI=1S/C13H15Cl2NO4S/c1-16(9-4-3-5-9)13(17)10-6-8(14)7-11(12(10)20-2)21(15,18)19/h6-7,9H,3-5H2,1-2H3. The van der Waals surface area contributed by atoms with Gasteiger partial charge in [-0.15, -0.1) is 0 Å². The van der Waals surface area contributed by atoms with Crippen LogP contribution >= 0.6 is 22.3 Å². The van der Waals surface area contributed by atoms with Crippen LogP contribution in [0.15, 0.2) is 17.0 Å². The van der Waals surface area contributed by atoms with Crippen LogP contribution in [0.1, 0.15) is 29.6 Å². The van der Waals surface area contributed by atoms with Crippen molar-refractivity contribution in [3.63, 3.8) is 0 Å². The minimum Gasteiger partial charge on any atom is -0.494 e. The summed E-state index contributed by atoms with van der Waals surface area (Å²) in [6.45, 7) is 0. The zero-order valence-corrected chi connectivity index (χ0v) is 13.9. The van der Waals surface area contributed by atoms with Gasteiger partial charge in [0.1, 0.15) is 4.90 Å². The number of rotatable bonds is 4. The first kappa shape index (κ1) is 16.4. The monoisotopic (exact) mass is 351 g/mol. The van der Waals surface area contributed by atoms with E-state index in [1.165, 1.54) is 19.2 Å². The van der Waals surface area contributed by atoms with Crippen LogP contribution in [-0.4, -0.2) is 39.4 Å². The zero-order valence-electron chi connectivity index (χ0n) is 11.6. The number of amides is 1. The number of nitrogens with zero attached hydrogens (tertiary/aromatic N) is 1. The van der Waals surface area contributed by atoms with E-state index >= 15 is 0 Å². The van der Waals surface area contributed by atoms with Crippen LogP contribution in [-0.2, 0) is 9.05 Å². The first-order valence-corrected chi connectivity index (χ1v) is 9.03. The molecule has 2 rings (SSSR count). The number of carbonyl (C=O) groups excluding carboxylic acids is 1. The number of carbonyl (C=O) groups is 1. The number of ether oxygens (including phenoxy) is 1.